The minimum Gasteiger partial charge on any atom is -0.494 e. The first kappa shape index (κ1) is 15.0. The van der Waals surface area contributed by atoms with Crippen molar-refractivity contribution in [3.63, 3.8) is 0 Å². The van der Waals surface area contributed by atoms with Crippen LogP contribution in [0.25, 0.3) is 0 Å². The number of unbranched alkanes of at least 4 members (excludes halogenated alkanes) is 1. The molecule has 0 fully saturated rings. The third kappa shape index (κ3) is 6.06. The van der Waals surface area contributed by atoms with Crippen molar-refractivity contribution in [1.29, 1.82) is 0 Å². The lowest BCUT2D eigenvalue weighted by atomic mass is 10.1. The molecule has 2 heteroatoms. The highest BCUT2D eigenvalue weighted by molar-refractivity contribution is 5.27. The molecule has 0 aromatic heterocycles. The molecule has 0 aliphatic heterocycles. The molecule has 0 bridgehead atoms. The highest BCUT2D eigenvalue weighted by atomic mass is 16.5. The van der Waals surface area contributed by atoms with Crippen LogP contribution < -0.4 is 10.1 Å². The molecule has 102 valence electrons. The first-order valence-corrected chi connectivity index (χ1v) is 7.15. The van der Waals surface area contributed by atoms with E-state index in [1.54, 1.807) is 0 Å². The molecule has 1 aromatic rings. The Morgan fingerprint density at radius 3 is 2.50 bits per heavy atom. The number of hydrogen-bond acceptors (Lipinski definition) is 2. The molecule has 1 atom stereocenters. The molecular formula is C16H27NO. The summed E-state index contributed by atoms with van der Waals surface area (Å²) in [5.41, 5.74) is 1.40. The van der Waals surface area contributed by atoms with E-state index in [-0.39, 0.29) is 0 Å². The van der Waals surface area contributed by atoms with Crippen molar-refractivity contribution < 1.29 is 4.74 Å². The van der Waals surface area contributed by atoms with Gasteiger partial charge in [0.1, 0.15) is 5.75 Å². The molecule has 0 aliphatic rings. The van der Waals surface area contributed by atoms with Gasteiger partial charge in [0.25, 0.3) is 0 Å². The summed E-state index contributed by atoms with van der Waals surface area (Å²) in [4.78, 5) is 0. The normalized spacial score (nSPS) is 12.4. The fourth-order valence-electron chi connectivity index (χ4n) is 1.93. The quantitative estimate of drug-likeness (QED) is 0.672. The third-order valence-electron chi connectivity index (χ3n) is 3.26. The molecule has 0 aliphatic carbocycles. The summed E-state index contributed by atoms with van der Waals surface area (Å²) in [6, 6.07) is 9.12. The predicted octanol–water partition coefficient (Wildman–Crippen LogP) is 3.80. The smallest absolute Gasteiger partial charge is 0.119 e. The molecule has 0 saturated carbocycles. The number of ether oxygens (including phenoxy) is 1. The van der Waals surface area contributed by atoms with Gasteiger partial charge in [0.15, 0.2) is 0 Å². The largest absolute Gasteiger partial charge is 0.494 e. The zero-order valence-corrected chi connectivity index (χ0v) is 12.0. The lowest BCUT2D eigenvalue weighted by Crippen LogP contribution is -2.20. The lowest BCUT2D eigenvalue weighted by Gasteiger charge is -2.10. The summed E-state index contributed by atoms with van der Waals surface area (Å²) in [7, 11) is 2.01. The van der Waals surface area contributed by atoms with Crippen LogP contribution in [0.15, 0.2) is 24.3 Å². The van der Waals surface area contributed by atoms with Crippen LogP contribution in [0.3, 0.4) is 0 Å². The van der Waals surface area contributed by atoms with Crippen LogP contribution in [-0.2, 0) is 6.42 Å². The monoisotopic (exact) mass is 249 g/mol. The van der Waals surface area contributed by atoms with Crippen LogP contribution in [0.4, 0.5) is 0 Å². The van der Waals surface area contributed by atoms with Crippen molar-refractivity contribution in [1.82, 2.24) is 5.32 Å². The topological polar surface area (TPSA) is 21.3 Å². The second kappa shape index (κ2) is 8.98. The number of hydrogen-bond donors (Lipinski definition) is 1. The zero-order valence-electron chi connectivity index (χ0n) is 12.0. The average molecular weight is 249 g/mol. The molecule has 1 N–H and O–H groups in total. The molecule has 0 spiro atoms. The molecule has 0 heterocycles. The summed E-state index contributed by atoms with van der Waals surface area (Å²) in [5, 5.41) is 3.25. The van der Waals surface area contributed by atoms with E-state index in [1.807, 2.05) is 7.05 Å². The predicted molar refractivity (Wildman–Crippen MR) is 78.3 cm³/mol. The van der Waals surface area contributed by atoms with E-state index in [4.69, 9.17) is 4.74 Å². The van der Waals surface area contributed by atoms with Crippen molar-refractivity contribution >= 4 is 0 Å². The van der Waals surface area contributed by atoms with Gasteiger partial charge in [0.05, 0.1) is 6.61 Å². The van der Waals surface area contributed by atoms with Gasteiger partial charge in [-0.3, -0.25) is 0 Å². The standard InChI is InChI=1S/C16H27NO/c1-4-7-15-9-11-16(12-10-15)18-13-6-5-8-14(2)17-3/h9-12,14,17H,4-8,13H2,1-3H3. The van der Waals surface area contributed by atoms with E-state index in [1.165, 1.54) is 24.8 Å². The fourth-order valence-corrected chi connectivity index (χ4v) is 1.93. The second-order valence-electron chi connectivity index (χ2n) is 4.93. The highest BCUT2D eigenvalue weighted by Crippen LogP contribution is 2.14. The third-order valence-corrected chi connectivity index (χ3v) is 3.26. The Balaban J connectivity index is 2.15. The first-order chi connectivity index (χ1) is 8.76. The minimum atomic E-state index is 0.610. The molecule has 18 heavy (non-hydrogen) atoms. The summed E-state index contributed by atoms with van der Waals surface area (Å²) in [6.07, 6.45) is 5.92. The Morgan fingerprint density at radius 2 is 1.89 bits per heavy atom. The Bertz CT molecular complexity index is 307. The van der Waals surface area contributed by atoms with Gasteiger partial charge < -0.3 is 10.1 Å². The van der Waals surface area contributed by atoms with Crippen LogP contribution in [0, 0.1) is 0 Å². The Hall–Kier alpha value is -1.02. The van der Waals surface area contributed by atoms with Crippen LogP contribution >= 0.6 is 0 Å². The van der Waals surface area contributed by atoms with Crippen LogP contribution in [-0.4, -0.2) is 19.7 Å². The first-order valence-electron chi connectivity index (χ1n) is 7.15. The van der Waals surface area contributed by atoms with Crippen molar-refractivity contribution in [3.8, 4) is 5.75 Å². The summed E-state index contributed by atoms with van der Waals surface area (Å²) < 4.78 is 5.73. The minimum absolute atomic E-state index is 0.610. The van der Waals surface area contributed by atoms with Crippen molar-refractivity contribution in [2.24, 2.45) is 0 Å². The van der Waals surface area contributed by atoms with Crippen molar-refractivity contribution in [2.45, 2.75) is 52.0 Å². The average Bonchev–Trinajstić information content (AvgIpc) is 2.40. The molecule has 0 amide bonds. The van der Waals surface area contributed by atoms with E-state index in [0.717, 1.165) is 25.2 Å². The van der Waals surface area contributed by atoms with E-state index in [0.29, 0.717) is 6.04 Å². The van der Waals surface area contributed by atoms with Gasteiger partial charge in [-0.2, -0.15) is 0 Å². The molecule has 1 unspecified atom stereocenters. The van der Waals surface area contributed by atoms with Gasteiger partial charge in [-0.15, -0.1) is 0 Å². The summed E-state index contributed by atoms with van der Waals surface area (Å²) in [6.45, 7) is 5.24. The molecular weight excluding hydrogens is 222 g/mol. The number of rotatable bonds is 9. The SMILES string of the molecule is CCCc1ccc(OCCCCC(C)NC)cc1. The molecule has 1 rings (SSSR count). The zero-order chi connectivity index (χ0) is 13.2. The Morgan fingerprint density at radius 1 is 1.17 bits per heavy atom. The van der Waals surface area contributed by atoms with Gasteiger partial charge in [0, 0.05) is 6.04 Å². The number of nitrogens with one attached hydrogen (secondary N) is 1. The van der Waals surface area contributed by atoms with E-state index in [2.05, 4.69) is 43.4 Å². The molecule has 2 nitrogen and oxygen atoms in total. The van der Waals surface area contributed by atoms with Crippen molar-refractivity contribution in [3.05, 3.63) is 29.8 Å². The van der Waals surface area contributed by atoms with Gasteiger partial charge in [-0.25, -0.2) is 0 Å². The van der Waals surface area contributed by atoms with Gasteiger partial charge in [0.2, 0.25) is 0 Å². The van der Waals surface area contributed by atoms with Gasteiger partial charge in [-0.05, 0) is 57.4 Å². The fraction of sp³-hybridized carbons (Fsp3) is 0.625. The molecule has 1 aromatic carbocycles. The highest BCUT2D eigenvalue weighted by Gasteiger charge is 1.98. The van der Waals surface area contributed by atoms with Crippen LogP contribution in [0.2, 0.25) is 0 Å². The maximum atomic E-state index is 5.73. The van der Waals surface area contributed by atoms with Crippen LogP contribution in [0.5, 0.6) is 5.75 Å². The Kier molecular flexibility index (Phi) is 7.51. The van der Waals surface area contributed by atoms with E-state index in [9.17, 15) is 0 Å². The van der Waals surface area contributed by atoms with E-state index < -0.39 is 0 Å². The summed E-state index contributed by atoms with van der Waals surface area (Å²) >= 11 is 0. The molecule has 0 radical (unpaired) electrons. The van der Waals surface area contributed by atoms with Crippen molar-refractivity contribution in [2.75, 3.05) is 13.7 Å². The second-order valence-corrected chi connectivity index (χ2v) is 4.93. The Labute approximate surface area is 112 Å². The maximum Gasteiger partial charge on any atom is 0.119 e. The summed E-state index contributed by atoms with van der Waals surface area (Å²) in [5.74, 6) is 0.997. The number of benzene rings is 1. The maximum absolute atomic E-state index is 5.73. The number of aryl methyl sites for hydroxylation is 1. The van der Waals surface area contributed by atoms with Crippen LogP contribution in [0.1, 0.15) is 45.1 Å². The van der Waals surface area contributed by atoms with Gasteiger partial charge in [-0.1, -0.05) is 25.5 Å². The molecule has 0 saturated heterocycles. The lowest BCUT2D eigenvalue weighted by molar-refractivity contribution is 0.302. The van der Waals surface area contributed by atoms with Gasteiger partial charge >= 0.3 is 0 Å². The van der Waals surface area contributed by atoms with E-state index >= 15 is 0 Å².